The quantitative estimate of drug-likeness (QED) is 0.366. The number of nitrogens with zero attached hydrogens (tertiary/aromatic N) is 2. The third-order valence-electron chi connectivity index (χ3n) is 3.80. The summed E-state index contributed by atoms with van der Waals surface area (Å²) >= 11 is 0. The summed E-state index contributed by atoms with van der Waals surface area (Å²) in [5.41, 5.74) is 1.02. The van der Waals surface area contributed by atoms with Crippen molar-refractivity contribution in [3.8, 4) is 0 Å². The molecular weight excluding hydrogens is 429 g/mol. The molecule has 1 heterocycles. The fraction of sp³-hybridized carbons (Fsp3) is 0.556. The molecule has 0 bridgehead atoms. The fourth-order valence-electron chi connectivity index (χ4n) is 2.77. The number of aliphatic imine (C=N–C) groups is 1. The molecule has 1 aliphatic rings. The van der Waals surface area contributed by atoms with E-state index in [1.165, 1.54) is 5.69 Å². The Hall–Kier alpha value is -1.51. The fourth-order valence-corrected chi connectivity index (χ4v) is 2.77. The van der Waals surface area contributed by atoms with Gasteiger partial charge in [-0.3, -0.25) is 9.79 Å². The van der Waals surface area contributed by atoms with E-state index in [1.54, 1.807) is 7.05 Å². The largest absolute Gasteiger partial charge is 0.369 e. The predicted molar refractivity (Wildman–Crippen MR) is 115 cm³/mol. The van der Waals surface area contributed by atoms with Crippen LogP contribution in [0.1, 0.15) is 27.2 Å². The summed E-state index contributed by atoms with van der Waals surface area (Å²) in [6.45, 7) is 8.06. The minimum absolute atomic E-state index is 0. The van der Waals surface area contributed by atoms with Crippen molar-refractivity contribution in [2.75, 3.05) is 31.6 Å². The number of halogens is 1. The van der Waals surface area contributed by atoms with E-state index in [4.69, 9.17) is 0 Å². The number of amides is 1. The van der Waals surface area contributed by atoms with Gasteiger partial charge in [-0.15, -0.1) is 24.0 Å². The highest BCUT2D eigenvalue weighted by atomic mass is 127. The van der Waals surface area contributed by atoms with Crippen LogP contribution in [0.4, 0.5) is 5.69 Å². The van der Waals surface area contributed by atoms with Gasteiger partial charge in [0.1, 0.15) is 0 Å². The second-order valence-electron chi connectivity index (χ2n) is 7.14. The average molecular weight is 459 g/mol. The lowest BCUT2D eigenvalue weighted by molar-refractivity contribution is -0.121. The predicted octanol–water partition coefficient (Wildman–Crippen LogP) is 1.96. The number of carbonyl (C=O) groups excluding carboxylic acids is 1. The number of anilines is 1. The third kappa shape index (κ3) is 7.50. The monoisotopic (exact) mass is 459 g/mol. The summed E-state index contributed by atoms with van der Waals surface area (Å²) in [4.78, 5) is 18.5. The van der Waals surface area contributed by atoms with Gasteiger partial charge < -0.3 is 20.9 Å². The number of rotatable bonds is 4. The van der Waals surface area contributed by atoms with E-state index in [2.05, 4.69) is 50.1 Å². The van der Waals surface area contributed by atoms with Crippen LogP contribution in [0.5, 0.6) is 0 Å². The Labute approximate surface area is 167 Å². The van der Waals surface area contributed by atoms with Crippen LogP contribution in [0.2, 0.25) is 0 Å². The molecule has 1 aliphatic heterocycles. The van der Waals surface area contributed by atoms with Gasteiger partial charge in [-0.25, -0.2) is 0 Å². The van der Waals surface area contributed by atoms with Crippen molar-refractivity contribution in [3.63, 3.8) is 0 Å². The van der Waals surface area contributed by atoms with Gasteiger partial charge in [0.2, 0.25) is 5.91 Å². The van der Waals surface area contributed by atoms with Crippen molar-refractivity contribution < 1.29 is 4.79 Å². The highest BCUT2D eigenvalue weighted by molar-refractivity contribution is 14.0. The first-order valence-electron chi connectivity index (χ1n) is 8.45. The summed E-state index contributed by atoms with van der Waals surface area (Å²) in [7, 11) is 1.72. The third-order valence-corrected chi connectivity index (χ3v) is 3.80. The second-order valence-corrected chi connectivity index (χ2v) is 7.14. The molecule has 1 unspecified atom stereocenters. The van der Waals surface area contributed by atoms with E-state index in [9.17, 15) is 4.79 Å². The van der Waals surface area contributed by atoms with Crippen molar-refractivity contribution in [3.05, 3.63) is 30.3 Å². The highest BCUT2D eigenvalue weighted by Gasteiger charge is 2.23. The molecule has 25 heavy (non-hydrogen) atoms. The zero-order chi connectivity index (χ0) is 17.6. The summed E-state index contributed by atoms with van der Waals surface area (Å²) in [5.74, 6) is 0.627. The zero-order valence-electron chi connectivity index (χ0n) is 15.5. The molecule has 1 amide bonds. The Morgan fingerprint density at radius 3 is 2.56 bits per heavy atom. The molecule has 1 saturated heterocycles. The number of carbonyl (C=O) groups is 1. The van der Waals surface area contributed by atoms with E-state index >= 15 is 0 Å². The smallest absolute Gasteiger partial charge is 0.239 e. The lowest BCUT2D eigenvalue weighted by atomic mass is 10.1. The average Bonchev–Trinajstić information content (AvgIpc) is 2.99. The van der Waals surface area contributed by atoms with Gasteiger partial charge in [-0.05, 0) is 39.3 Å². The number of hydrogen-bond donors (Lipinski definition) is 3. The molecule has 1 aromatic carbocycles. The molecule has 1 atom stereocenters. The maximum atomic E-state index is 11.9. The maximum absolute atomic E-state index is 11.9. The van der Waals surface area contributed by atoms with Gasteiger partial charge in [-0.1, -0.05) is 18.2 Å². The van der Waals surface area contributed by atoms with Crippen LogP contribution in [-0.2, 0) is 4.79 Å². The van der Waals surface area contributed by atoms with E-state index in [0.29, 0.717) is 12.0 Å². The lowest BCUT2D eigenvalue weighted by Gasteiger charge is -2.22. The summed E-state index contributed by atoms with van der Waals surface area (Å²) < 4.78 is 0. The van der Waals surface area contributed by atoms with Gasteiger partial charge in [0, 0.05) is 37.4 Å². The Morgan fingerprint density at radius 1 is 1.28 bits per heavy atom. The van der Waals surface area contributed by atoms with E-state index < -0.39 is 0 Å². The molecule has 140 valence electrons. The minimum Gasteiger partial charge on any atom is -0.369 e. The van der Waals surface area contributed by atoms with Crippen molar-refractivity contribution in [2.24, 2.45) is 4.99 Å². The van der Waals surface area contributed by atoms with Crippen molar-refractivity contribution >= 4 is 41.5 Å². The first-order chi connectivity index (χ1) is 11.4. The van der Waals surface area contributed by atoms with Crippen LogP contribution in [0, 0.1) is 0 Å². The highest BCUT2D eigenvalue weighted by Crippen LogP contribution is 2.19. The first kappa shape index (κ1) is 21.5. The van der Waals surface area contributed by atoms with Gasteiger partial charge in [0.25, 0.3) is 0 Å². The van der Waals surface area contributed by atoms with Crippen LogP contribution < -0.4 is 20.9 Å². The summed E-state index contributed by atoms with van der Waals surface area (Å²) in [6.07, 6.45) is 1.05. The molecule has 0 spiro atoms. The Morgan fingerprint density at radius 2 is 1.96 bits per heavy atom. The van der Waals surface area contributed by atoms with Gasteiger partial charge in [0.05, 0.1) is 6.54 Å². The van der Waals surface area contributed by atoms with E-state index in [0.717, 1.165) is 19.5 Å². The number of nitrogens with one attached hydrogen (secondary N) is 3. The van der Waals surface area contributed by atoms with Gasteiger partial charge in [-0.2, -0.15) is 0 Å². The number of para-hydroxylation sites is 1. The molecule has 0 aliphatic carbocycles. The van der Waals surface area contributed by atoms with Crippen molar-refractivity contribution in [1.82, 2.24) is 16.0 Å². The molecule has 1 aromatic rings. The van der Waals surface area contributed by atoms with Gasteiger partial charge >= 0.3 is 0 Å². The van der Waals surface area contributed by atoms with Crippen molar-refractivity contribution in [1.29, 1.82) is 0 Å². The van der Waals surface area contributed by atoms with E-state index in [-0.39, 0.29) is 42.0 Å². The molecular formula is C18H30IN5O. The SMILES string of the molecule is CN=C(NCC(=O)NC(C)(C)C)NC1CCN(c2ccccc2)C1.I. The molecule has 0 radical (unpaired) electrons. The first-order valence-corrected chi connectivity index (χ1v) is 8.45. The minimum atomic E-state index is -0.225. The van der Waals surface area contributed by atoms with E-state index in [1.807, 2.05) is 26.8 Å². The number of hydrogen-bond acceptors (Lipinski definition) is 3. The van der Waals surface area contributed by atoms with Crippen LogP contribution in [0.25, 0.3) is 0 Å². The molecule has 2 rings (SSSR count). The van der Waals surface area contributed by atoms with Crippen molar-refractivity contribution in [2.45, 2.75) is 38.8 Å². The van der Waals surface area contributed by atoms with Crippen LogP contribution in [0.15, 0.2) is 35.3 Å². The molecule has 0 saturated carbocycles. The normalized spacial score (nSPS) is 17.7. The Balaban J connectivity index is 0.00000312. The summed E-state index contributed by atoms with van der Waals surface area (Å²) in [5, 5.41) is 9.41. The maximum Gasteiger partial charge on any atom is 0.239 e. The number of guanidine groups is 1. The molecule has 6 nitrogen and oxygen atoms in total. The number of benzene rings is 1. The summed E-state index contributed by atoms with van der Waals surface area (Å²) in [6, 6.07) is 10.7. The Bertz CT molecular complexity index is 571. The zero-order valence-corrected chi connectivity index (χ0v) is 17.8. The van der Waals surface area contributed by atoms with Crippen LogP contribution >= 0.6 is 24.0 Å². The molecule has 3 N–H and O–H groups in total. The van der Waals surface area contributed by atoms with Crippen LogP contribution in [0.3, 0.4) is 0 Å². The Kier molecular flexibility index (Phi) is 8.47. The second kappa shape index (κ2) is 9.84. The van der Waals surface area contributed by atoms with Gasteiger partial charge in [0.15, 0.2) is 5.96 Å². The molecule has 1 fully saturated rings. The van der Waals surface area contributed by atoms with Crippen LogP contribution in [-0.4, -0.2) is 50.1 Å². The molecule has 7 heteroatoms. The standard InChI is InChI=1S/C18H29N5O.HI/c1-18(2,3)22-16(24)12-20-17(19-4)21-14-10-11-23(13-14)15-8-6-5-7-9-15;/h5-9,14H,10-13H2,1-4H3,(H,22,24)(H2,19,20,21);1H. The molecule has 0 aromatic heterocycles. The lowest BCUT2D eigenvalue weighted by Crippen LogP contribution is -2.50. The topological polar surface area (TPSA) is 68.8 Å².